The number of imidazole rings is 1. The number of hydrogen-bond acceptors (Lipinski definition) is 3. The number of ether oxygens (including phenoxy) is 2. The molecule has 0 spiro atoms. The van der Waals surface area contributed by atoms with Gasteiger partial charge in [0.15, 0.2) is 0 Å². The summed E-state index contributed by atoms with van der Waals surface area (Å²) < 4.78 is 10.6. The molecule has 0 amide bonds. The van der Waals surface area contributed by atoms with Crippen LogP contribution >= 0.6 is 0 Å². The summed E-state index contributed by atoms with van der Waals surface area (Å²) in [5.41, 5.74) is 0. The van der Waals surface area contributed by atoms with E-state index in [-0.39, 0.29) is 37.1 Å². The van der Waals surface area contributed by atoms with Crippen LogP contribution in [-0.2, 0) is 9.47 Å². The number of nitrogens with zero attached hydrogens (tertiary/aromatic N) is 1. The van der Waals surface area contributed by atoms with E-state index in [0.29, 0.717) is 19.8 Å². The third-order valence-electron chi connectivity index (χ3n) is 1.64. The molecule has 0 bridgehead atoms. The van der Waals surface area contributed by atoms with Gasteiger partial charge in [0.2, 0.25) is 0 Å². The van der Waals surface area contributed by atoms with Crippen molar-refractivity contribution in [2.45, 2.75) is 6.10 Å². The molecule has 0 saturated carbocycles. The molecule has 0 aromatic carbocycles. The molecular weight excluding hydrogens is 167 g/mol. The van der Waals surface area contributed by atoms with Gasteiger partial charge in [-0.25, -0.2) is 4.98 Å². The first kappa shape index (κ1) is 10.2. The fraction of sp³-hybridized carbons (Fsp3) is 0.571. The standard InChI is InChI=1S/C7H10N2O2.Na.H/c1-2-9-7(8-1)6-5-10-3-4-11-6;;/h1-2,6H,3-5H2,(H,8,9);;/q;+1;-1. The van der Waals surface area contributed by atoms with E-state index in [1.807, 2.05) is 0 Å². The van der Waals surface area contributed by atoms with Gasteiger partial charge in [-0.05, 0) is 0 Å². The average Bonchev–Trinajstić information content (AvgIpc) is 2.58. The number of aromatic nitrogens is 2. The Labute approximate surface area is 94.4 Å². The van der Waals surface area contributed by atoms with Gasteiger partial charge in [0.1, 0.15) is 11.9 Å². The van der Waals surface area contributed by atoms with Gasteiger partial charge in [-0.15, -0.1) is 0 Å². The van der Waals surface area contributed by atoms with Crippen LogP contribution < -0.4 is 29.6 Å². The topological polar surface area (TPSA) is 47.1 Å². The molecule has 1 aromatic heterocycles. The van der Waals surface area contributed by atoms with Gasteiger partial charge < -0.3 is 15.9 Å². The Bertz CT molecular complexity index is 214. The van der Waals surface area contributed by atoms with Crippen molar-refractivity contribution in [1.29, 1.82) is 0 Å². The van der Waals surface area contributed by atoms with Gasteiger partial charge in [-0.2, -0.15) is 0 Å². The van der Waals surface area contributed by atoms with Gasteiger partial charge in [0, 0.05) is 12.4 Å². The third kappa shape index (κ3) is 2.31. The van der Waals surface area contributed by atoms with Gasteiger partial charge in [-0.3, -0.25) is 0 Å². The van der Waals surface area contributed by atoms with Crippen LogP contribution in [0.3, 0.4) is 0 Å². The summed E-state index contributed by atoms with van der Waals surface area (Å²) in [6.45, 7) is 1.95. The molecule has 5 heteroatoms. The molecule has 62 valence electrons. The Morgan fingerprint density at radius 2 is 2.50 bits per heavy atom. The summed E-state index contributed by atoms with van der Waals surface area (Å²) in [4.78, 5) is 7.07. The van der Waals surface area contributed by atoms with E-state index in [1.54, 1.807) is 12.4 Å². The van der Waals surface area contributed by atoms with Gasteiger partial charge in [-0.1, -0.05) is 0 Å². The molecule has 1 unspecified atom stereocenters. The van der Waals surface area contributed by atoms with E-state index < -0.39 is 0 Å². The van der Waals surface area contributed by atoms with Gasteiger partial charge >= 0.3 is 29.6 Å². The summed E-state index contributed by atoms with van der Waals surface area (Å²) in [6, 6.07) is 0. The monoisotopic (exact) mass is 178 g/mol. The van der Waals surface area contributed by atoms with Crippen molar-refractivity contribution in [2.75, 3.05) is 19.8 Å². The fourth-order valence-electron chi connectivity index (χ4n) is 1.10. The molecule has 12 heavy (non-hydrogen) atoms. The normalized spacial score (nSPS) is 23.2. The van der Waals surface area contributed by atoms with Crippen LogP contribution in [0.4, 0.5) is 0 Å². The van der Waals surface area contributed by atoms with Crippen LogP contribution in [0.1, 0.15) is 13.4 Å². The average molecular weight is 178 g/mol. The zero-order valence-corrected chi connectivity index (χ0v) is 9.12. The fourth-order valence-corrected chi connectivity index (χ4v) is 1.10. The molecule has 1 saturated heterocycles. The van der Waals surface area contributed by atoms with E-state index in [4.69, 9.17) is 9.47 Å². The SMILES string of the molecule is [H-].[Na+].c1c[nH]c(C2COCCO2)n1. The predicted molar refractivity (Wildman–Crippen MR) is 39.2 cm³/mol. The van der Waals surface area contributed by atoms with Crippen molar-refractivity contribution >= 4 is 0 Å². The third-order valence-corrected chi connectivity index (χ3v) is 1.64. The summed E-state index contributed by atoms with van der Waals surface area (Å²) in [5, 5.41) is 0. The number of H-pyrrole nitrogens is 1. The van der Waals surface area contributed by atoms with Crippen molar-refractivity contribution in [3.8, 4) is 0 Å². The van der Waals surface area contributed by atoms with Crippen LogP contribution in [-0.4, -0.2) is 29.8 Å². The maximum absolute atomic E-state index is 5.40. The van der Waals surface area contributed by atoms with Gasteiger partial charge in [0.05, 0.1) is 19.8 Å². The van der Waals surface area contributed by atoms with Crippen LogP contribution in [0.5, 0.6) is 0 Å². The quantitative estimate of drug-likeness (QED) is 0.488. The molecule has 1 aliphatic rings. The second kappa shape index (κ2) is 4.99. The molecule has 4 nitrogen and oxygen atoms in total. The van der Waals surface area contributed by atoms with E-state index in [2.05, 4.69) is 9.97 Å². The van der Waals surface area contributed by atoms with E-state index in [0.717, 1.165) is 5.82 Å². The molecular formula is C7H11N2NaO2. The summed E-state index contributed by atoms with van der Waals surface area (Å²) in [6.07, 6.45) is 3.50. The van der Waals surface area contributed by atoms with E-state index in [1.165, 1.54) is 0 Å². The Hall–Kier alpha value is 0.130. The van der Waals surface area contributed by atoms with Crippen molar-refractivity contribution in [3.05, 3.63) is 18.2 Å². The molecule has 1 aromatic rings. The molecule has 2 heterocycles. The molecule has 1 fully saturated rings. The van der Waals surface area contributed by atoms with Crippen molar-refractivity contribution in [1.82, 2.24) is 9.97 Å². The second-order valence-electron chi connectivity index (χ2n) is 2.41. The maximum Gasteiger partial charge on any atom is 1.00 e. The Morgan fingerprint density at radius 1 is 1.58 bits per heavy atom. The van der Waals surface area contributed by atoms with Crippen LogP contribution in [0.2, 0.25) is 0 Å². The van der Waals surface area contributed by atoms with Crippen molar-refractivity contribution in [3.63, 3.8) is 0 Å². The minimum absolute atomic E-state index is 0. The number of nitrogens with one attached hydrogen (secondary N) is 1. The smallest absolute Gasteiger partial charge is 1.00 e. The van der Waals surface area contributed by atoms with Crippen molar-refractivity contribution in [2.24, 2.45) is 0 Å². The van der Waals surface area contributed by atoms with E-state index >= 15 is 0 Å². The number of hydrogen-bond donors (Lipinski definition) is 1. The Balaban J connectivity index is 0.000000720. The zero-order chi connectivity index (χ0) is 7.52. The Kier molecular flexibility index (Phi) is 4.25. The molecule has 1 atom stereocenters. The predicted octanol–water partition coefficient (Wildman–Crippen LogP) is -2.39. The first-order valence-electron chi connectivity index (χ1n) is 3.65. The minimum Gasteiger partial charge on any atom is -1.00 e. The second-order valence-corrected chi connectivity index (χ2v) is 2.41. The summed E-state index contributed by atoms with van der Waals surface area (Å²) in [5.74, 6) is 0.852. The zero-order valence-electron chi connectivity index (χ0n) is 8.12. The van der Waals surface area contributed by atoms with Crippen LogP contribution in [0, 0.1) is 0 Å². The number of aromatic amines is 1. The number of rotatable bonds is 1. The summed E-state index contributed by atoms with van der Waals surface area (Å²) >= 11 is 0. The molecule has 1 N–H and O–H groups in total. The molecule has 0 radical (unpaired) electrons. The Morgan fingerprint density at radius 3 is 3.08 bits per heavy atom. The van der Waals surface area contributed by atoms with Crippen LogP contribution in [0.25, 0.3) is 0 Å². The molecule has 0 aliphatic carbocycles. The van der Waals surface area contributed by atoms with E-state index in [9.17, 15) is 0 Å². The summed E-state index contributed by atoms with van der Waals surface area (Å²) in [7, 11) is 0. The first-order chi connectivity index (χ1) is 5.47. The van der Waals surface area contributed by atoms with Gasteiger partial charge in [0.25, 0.3) is 0 Å². The first-order valence-corrected chi connectivity index (χ1v) is 3.65. The largest absolute Gasteiger partial charge is 1.00 e. The van der Waals surface area contributed by atoms with Crippen LogP contribution in [0.15, 0.2) is 12.4 Å². The molecule has 1 aliphatic heterocycles. The molecule has 2 rings (SSSR count). The van der Waals surface area contributed by atoms with Crippen molar-refractivity contribution < 1.29 is 40.5 Å². The minimum atomic E-state index is -0.00116. The maximum atomic E-state index is 5.40.